The van der Waals surface area contributed by atoms with Gasteiger partial charge in [-0.1, -0.05) is 19.8 Å². The minimum absolute atomic E-state index is 0.654. The SMILES string of the molecule is CC1CCCC1CN=C=O. The summed E-state index contributed by atoms with van der Waals surface area (Å²) in [4.78, 5) is 13.4. The second-order valence-electron chi connectivity index (χ2n) is 3.10. The molecule has 0 amide bonds. The summed E-state index contributed by atoms with van der Waals surface area (Å²) in [6.45, 7) is 2.93. The number of hydrogen-bond acceptors (Lipinski definition) is 2. The highest BCUT2D eigenvalue weighted by Gasteiger charge is 2.22. The Labute approximate surface area is 61.3 Å². The van der Waals surface area contributed by atoms with Gasteiger partial charge in [-0.25, -0.2) is 9.79 Å². The van der Waals surface area contributed by atoms with Crippen LogP contribution in [0, 0.1) is 11.8 Å². The first kappa shape index (κ1) is 7.49. The largest absolute Gasteiger partial charge is 0.234 e. The summed E-state index contributed by atoms with van der Waals surface area (Å²) >= 11 is 0. The summed E-state index contributed by atoms with van der Waals surface area (Å²) in [5, 5.41) is 0. The fourth-order valence-electron chi connectivity index (χ4n) is 1.65. The van der Waals surface area contributed by atoms with Gasteiger partial charge in [-0.05, 0) is 18.3 Å². The standard InChI is InChI=1S/C8H13NO/c1-7-3-2-4-8(7)5-9-6-10/h7-8H,2-5H2,1H3. The average Bonchev–Trinajstić information content (AvgIpc) is 2.31. The van der Waals surface area contributed by atoms with Gasteiger partial charge in [0.05, 0.1) is 6.54 Å². The lowest BCUT2D eigenvalue weighted by Crippen LogP contribution is -2.06. The molecule has 0 aromatic carbocycles. The summed E-state index contributed by atoms with van der Waals surface area (Å²) in [5.41, 5.74) is 0. The molecule has 56 valence electrons. The molecule has 1 fully saturated rings. The Morgan fingerprint density at radius 2 is 2.40 bits per heavy atom. The third-order valence-corrected chi connectivity index (χ3v) is 2.43. The monoisotopic (exact) mass is 139 g/mol. The van der Waals surface area contributed by atoms with Gasteiger partial charge in [0.15, 0.2) is 0 Å². The van der Waals surface area contributed by atoms with Crippen LogP contribution in [0.15, 0.2) is 4.99 Å². The molecule has 10 heavy (non-hydrogen) atoms. The van der Waals surface area contributed by atoms with Gasteiger partial charge in [0.25, 0.3) is 0 Å². The van der Waals surface area contributed by atoms with Gasteiger partial charge < -0.3 is 0 Å². The van der Waals surface area contributed by atoms with Crippen molar-refractivity contribution in [3.63, 3.8) is 0 Å². The molecule has 1 saturated carbocycles. The van der Waals surface area contributed by atoms with Crippen molar-refractivity contribution >= 4 is 6.08 Å². The van der Waals surface area contributed by atoms with Crippen molar-refractivity contribution in [1.82, 2.24) is 0 Å². The smallest absolute Gasteiger partial charge is 0.211 e. The fraction of sp³-hybridized carbons (Fsp3) is 0.875. The van der Waals surface area contributed by atoms with E-state index in [1.807, 2.05) is 0 Å². The van der Waals surface area contributed by atoms with Gasteiger partial charge in [0.1, 0.15) is 0 Å². The molecule has 0 radical (unpaired) electrons. The topological polar surface area (TPSA) is 29.4 Å². The quantitative estimate of drug-likeness (QED) is 0.423. The number of nitrogens with zero attached hydrogens (tertiary/aromatic N) is 1. The van der Waals surface area contributed by atoms with Crippen molar-refractivity contribution in [1.29, 1.82) is 0 Å². The van der Waals surface area contributed by atoms with Crippen LogP contribution in [0.4, 0.5) is 0 Å². The molecular formula is C8H13NO. The van der Waals surface area contributed by atoms with Gasteiger partial charge in [0, 0.05) is 0 Å². The molecule has 0 heterocycles. The van der Waals surface area contributed by atoms with E-state index in [0.717, 1.165) is 5.92 Å². The second-order valence-corrected chi connectivity index (χ2v) is 3.10. The molecule has 1 aliphatic carbocycles. The van der Waals surface area contributed by atoms with Crippen LogP contribution in [0.2, 0.25) is 0 Å². The highest BCUT2D eigenvalue weighted by atomic mass is 16.1. The molecular weight excluding hydrogens is 126 g/mol. The van der Waals surface area contributed by atoms with E-state index in [1.54, 1.807) is 6.08 Å². The number of rotatable bonds is 2. The van der Waals surface area contributed by atoms with E-state index in [0.29, 0.717) is 12.5 Å². The Bertz CT molecular complexity index is 149. The van der Waals surface area contributed by atoms with Crippen LogP contribution in [0.1, 0.15) is 26.2 Å². The minimum atomic E-state index is 0.654. The maximum Gasteiger partial charge on any atom is 0.234 e. The van der Waals surface area contributed by atoms with Gasteiger partial charge in [-0.3, -0.25) is 0 Å². The Hall–Kier alpha value is -0.620. The molecule has 0 saturated heterocycles. The first-order valence-corrected chi connectivity index (χ1v) is 3.88. The lowest BCUT2D eigenvalue weighted by molar-refractivity contribution is 0.428. The van der Waals surface area contributed by atoms with Crippen LogP contribution in [0.3, 0.4) is 0 Å². The zero-order valence-corrected chi connectivity index (χ0v) is 6.34. The molecule has 1 aliphatic rings. The Morgan fingerprint density at radius 1 is 1.60 bits per heavy atom. The normalized spacial score (nSPS) is 31.7. The van der Waals surface area contributed by atoms with E-state index in [-0.39, 0.29) is 0 Å². The molecule has 2 nitrogen and oxygen atoms in total. The summed E-state index contributed by atoms with van der Waals surface area (Å²) in [6.07, 6.45) is 5.44. The Morgan fingerprint density at radius 3 is 2.90 bits per heavy atom. The van der Waals surface area contributed by atoms with Crippen molar-refractivity contribution in [2.24, 2.45) is 16.8 Å². The molecule has 0 aromatic heterocycles. The van der Waals surface area contributed by atoms with Crippen LogP contribution < -0.4 is 0 Å². The average molecular weight is 139 g/mol. The van der Waals surface area contributed by atoms with Gasteiger partial charge in [-0.15, -0.1) is 0 Å². The van der Waals surface area contributed by atoms with Crippen molar-refractivity contribution < 1.29 is 4.79 Å². The first-order chi connectivity index (χ1) is 4.84. The van der Waals surface area contributed by atoms with Crippen LogP contribution in [0.5, 0.6) is 0 Å². The Kier molecular flexibility index (Phi) is 2.64. The van der Waals surface area contributed by atoms with Crippen LogP contribution in [-0.4, -0.2) is 12.6 Å². The summed E-state index contributed by atoms with van der Waals surface area (Å²) in [5.74, 6) is 1.42. The predicted octanol–water partition coefficient (Wildman–Crippen LogP) is 1.76. The lowest BCUT2D eigenvalue weighted by atomic mass is 9.99. The van der Waals surface area contributed by atoms with Crippen molar-refractivity contribution in [2.75, 3.05) is 6.54 Å². The molecule has 2 atom stereocenters. The van der Waals surface area contributed by atoms with Crippen LogP contribution >= 0.6 is 0 Å². The van der Waals surface area contributed by atoms with E-state index >= 15 is 0 Å². The number of aliphatic imine (C=N–C) groups is 1. The molecule has 0 aromatic rings. The summed E-state index contributed by atoms with van der Waals surface area (Å²) in [6, 6.07) is 0. The second kappa shape index (κ2) is 3.52. The molecule has 2 heteroatoms. The molecule has 2 unspecified atom stereocenters. The highest BCUT2D eigenvalue weighted by Crippen LogP contribution is 2.30. The van der Waals surface area contributed by atoms with E-state index in [1.165, 1.54) is 19.3 Å². The van der Waals surface area contributed by atoms with Crippen molar-refractivity contribution in [3.05, 3.63) is 0 Å². The van der Waals surface area contributed by atoms with Gasteiger partial charge in [0.2, 0.25) is 6.08 Å². The zero-order valence-electron chi connectivity index (χ0n) is 6.34. The third-order valence-electron chi connectivity index (χ3n) is 2.43. The lowest BCUT2D eigenvalue weighted by Gasteiger charge is -2.09. The van der Waals surface area contributed by atoms with Gasteiger partial charge >= 0.3 is 0 Å². The summed E-state index contributed by atoms with van der Waals surface area (Å²) in [7, 11) is 0. The first-order valence-electron chi connectivity index (χ1n) is 3.88. The van der Waals surface area contributed by atoms with Gasteiger partial charge in [-0.2, -0.15) is 0 Å². The van der Waals surface area contributed by atoms with Crippen molar-refractivity contribution in [2.45, 2.75) is 26.2 Å². The third kappa shape index (κ3) is 1.68. The molecule has 0 bridgehead atoms. The maximum atomic E-state index is 9.78. The highest BCUT2D eigenvalue weighted by molar-refractivity contribution is 5.32. The van der Waals surface area contributed by atoms with Crippen LogP contribution in [0.25, 0.3) is 0 Å². The minimum Gasteiger partial charge on any atom is -0.211 e. The van der Waals surface area contributed by atoms with E-state index in [9.17, 15) is 4.79 Å². The molecule has 0 spiro atoms. The fourth-order valence-corrected chi connectivity index (χ4v) is 1.65. The number of isocyanates is 1. The zero-order chi connectivity index (χ0) is 7.40. The molecule has 0 N–H and O–H groups in total. The predicted molar refractivity (Wildman–Crippen MR) is 39.5 cm³/mol. The number of hydrogen-bond donors (Lipinski definition) is 0. The molecule has 1 rings (SSSR count). The summed E-state index contributed by atoms with van der Waals surface area (Å²) < 4.78 is 0. The van der Waals surface area contributed by atoms with Crippen molar-refractivity contribution in [3.8, 4) is 0 Å². The maximum absolute atomic E-state index is 9.78. The van der Waals surface area contributed by atoms with Crippen LogP contribution in [-0.2, 0) is 4.79 Å². The van der Waals surface area contributed by atoms with E-state index in [2.05, 4.69) is 11.9 Å². The van der Waals surface area contributed by atoms with E-state index in [4.69, 9.17) is 0 Å². The number of carbonyl (C=O) groups excluding carboxylic acids is 1. The molecule has 0 aliphatic heterocycles. The Balaban J connectivity index is 2.32. The van der Waals surface area contributed by atoms with E-state index < -0.39 is 0 Å².